The molecule has 0 aliphatic heterocycles. The van der Waals surface area contributed by atoms with E-state index in [1.807, 2.05) is 24.3 Å². The van der Waals surface area contributed by atoms with Gasteiger partial charge < -0.3 is 20.7 Å². The van der Waals surface area contributed by atoms with Gasteiger partial charge in [0.15, 0.2) is 0 Å². The lowest BCUT2D eigenvalue weighted by Crippen LogP contribution is -2.24. The van der Waals surface area contributed by atoms with E-state index in [9.17, 15) is 9.59 Å². The van der Waals surface area contributed by atoms with E-state index in [-0.39, 0.29) is 18.4 Å². The first-order valence-corrected chi connectivity index (χ1v) is 10.1. The monoisotopic (exact) mass is 397 g/mol. The van der Waals surface area contributed by atoms with Crippen LogP contribution in [0.1, 0.15) is 44.0 Å². The zero-order valence-electron chi connectivity index (χ0n) is 17.5. The van der Waals surface area contributed by atoms with Crippen molar-refractivity contribution in [2.75, 3.05) is 30.3 Å². The van der Waals surface area contributed by atoms with Crippen molar-refractivity contribution in [3.05, 3.63) is 54.1 Å². The maximum Gasteiger partial charge on any atom is 0.251 e. The van der Waals surface area contributed by atoms with Crippen molar-refractivity contribution in [3.8, 4) is 5.75 Å². The normalized spacial score (nSPS) is 10.5. The number of rotatable bonds is 11. The van der Waals surface area contributed by atoms with Crippen molar-refractivity contribution in [2.45, 2.75) is 33.6 Å². The standard InChI is InChI=1S/C23H31N3O3/c1-4-5-14-24-23(28)18-10-12-19(13-11-18)25-15-22(27)26-20-8-6-7-9-21(20)29-16-17(2)3/h6-13,17,25H,4-5,14-16H2,1-3H3,(H,24,28)(H,26,27). The number of hydrogen-bond acceptors (Lipinski definition) is 4. The number of nitrogens with one attached hydrogen (secondary N) is 3. The van der Waals surface area contributed by atoms with Gasteiger partial charge >= 0.3 is 0 Å². The first-order chi connectivity index (χ1) is 14.0. The summed E-state index contributed by atoms with van der Waals surface area (Å²) in [4.78, 5) is 24.3. The number of benzene rings is 2. The summed E-state index contributed by atoms with van der Waals surface area (Å²) in [6.07, 6.45) is 2.01. The molecule has 6 heteroatoms. The van der Waals surface area contributed by atoms with E-state index in [0.29, 0.717) is 36.1 Å². The van der Waals surface area contributed by atoms with Crippen molar-refractivity contribution in [1.29, 1.82) is 0 Å². The molecule has 2 aromatic rings. The molecule has 2 rings (SSSR count). The van der Waals surface area contributed by atoms with E-state index < -0.39 is 0 Å². The van der Waals surface area contributed by atoms with Gasteiger partial charge in [-0.1, -0.05) is 39.3 Å². The van der Waals surface area contributed by atoms with E-state index >= 15 is 0 Å². The second kappa shape index (κ2) is 11.7. The molecular formula is C23H31N3O3. The highest BCUT2D eigenvalue weighted by molar-refractivity contribution is 5.96. The predicted octanol–water partition coefficient (Wildman–Crippen LogP) is 4.30. The third-order valence-corrected chi connectivity index (χ3v) is 4.15. The molecule has 0 spiro atoms. The number of anilines is 2. The maximum atomic E-state index is 12.3. The molecular weight excluding hydrogens is 366 g/mol. The van der Waals surface area contributed by atoms with Gasteiger partial charge in [0.2, 0.25) is 5.91 Å². The molecule has 29 heavy (non-hydrogen) atoms. The first-order valence-electron chi connectivity index (χ1n) is 10.1. The van der Waals surface area contributed by atoms with Crippen LogP contribution in [-0.2, 0) is 4.79 Å². The molecule has 2 amide bonds. The number of carbonyl (C=O) groups is 2. The van der Waals surface area contributed by atoms with Crippen LogP contribution in [0.25, 0.3) is 0 Å². The lowest BCUT2D eigenvalue weighted by Gasteiger charge is -2.14. The van der Waals surface area contributed by atoms with Gasteiger partial charge in [0.05, 0.1) is 18.8 Å². The Hall–Kier alpha value is -3.02. The fraction of sp³-hybridized carbons (Fsp3) is 0.391. The molecule has 0 saturated carbocycles. The average molecular weight is 398 g/mol. The molecule has 0 aromatic heterocycles. The lowest BCUT2D eigenvalue weighted by molar-refractivity contribution is -0.114. The summed E-state index contributed by atoms with van der Waals surface area (Å²) in [7, 11) is 0. The average Bonchev–Trinajstić information content (AvgIpc) is 2.72. The van der Waals surface area contributed by atoms with Crippen molar-refractivity contribution in [3.63, 3.8) is 0 Å². The van der Waals surface area contributed by atoms with E-state index in [1.165, 1.54) is 0 Å². The second-order valence-electron chi connectivity index (χ2n) is 7.29. The van der Waals surface area contributed by atoms with Crippen molar-refractivity contribution >= 4 is 23.2 Å². The number of hydrogen-bond donors (Lipinski definition) is 3. The Kier molecular flexibility index (Phi) is 9.02. The van der Waals surface area contributed by atoms with E-state index in [1.54, 1.807) is 24.3 Å². The smallest absolute Gasteiger partial charge is 0.251 e. The largest absolute Gasteiger partial charge is 0.491 e. The highest BCUT2D eigenvalue weighted by Crippen LogP contribution is 2.24. The lowest BCUT2D eigenvalue weighted by atomic mass is 10.2. The predicted molar refractivity (Wildman–Crippen MR) is 118 cm³/mol. The zero-order chi connectivity index (χ0) is 21.1. The van der Waals surface area contributed by atoms with E-state index in [2.05, 4.69) is 36.7 Å². The number of para-hydroxylation sites is 2. The molecule has 0 aliphatic carbocycles. The van der Waals surface area contributed by atoms with Gasteiger partial charge in [-0.3, -0.25) is 9.59 Å². The first kappa shape index (κ1) is 22.3. The summed E-state index contributed by atoms with van der Waals surface area (Å²) >= 11 is 0. The van der Waals surface area contributed by atoms with Gasteiger partial charge in [0.25, 0.3) is 5.91 Å². The van der Waals surface area contributed by atoms with Gasteiger partial charge in [-0.25, -0.2) is 0 Å². The van der Waals surface area contributed by atoms with Crippen LogP contribution in [0, 0.1) is 5.92 Å². The fourth-order valence-corrected chi connectivity index (χ4v) is 2.55. The summed E-state index contributed by atoms with van der Waals surface area (Å²) in [6, 6.07) is 14.5. The highest BCUT2D eigenvalue weighted by Gasteiger charge is 2.09. The Morgan fingerprint density at radius 2 is 1.76 bits per heavy atom. The van der Waals surface area contributed by atoms with Crippen LogP contribution >= 0.6 is 0 Å². The van der Waals surface area contributed by atoms with E-state index in [4.69, 9.17) is 4.74 Å². The fourth-order valence-electron chi connectivity index (χ4n) is 2.55. The van der Waals surface area contributed by atoms with Crippen LogP contribution in [0.15, 0.2) is 48.5 Å². The van der Waals surface area contributed by atoms with Crippen molar-refractivity contribution in [1.82, 2.24) is 5.32 Å². The highest BCUT2D eigenvalue weighted by atomic mass is 16.5. The van der Waals surface area contributed by atoms with Gasteiger partial charge in [-0.2, -0.15) is 0 Å². The van der Waals surface area contributed by atoms with Gasteiger partial charge in [-0.05, 0) is 48.7 Å². The quantitative estimate of drug-likeness (QED) is 0.494. The molecule has 0 radical (unpaired) electrons. The summed E-state index contributed by atoms with van der Waals surface area (Å²) in [5.41, 5.74) is 2.03. The second-order valence-corrected chi connectivity index (χ2v) is 7.29. The SMILES string of the molecule is CCCCNC(=O)c1ccc(NCC(=O)Nc2ccccc2OCC(C)C)cc1. The van der Waals surface area contributed by atoms with Crippen molar-refractivity contribution < 1.29 is 14.3 Å². The Labute approximate surface area is 173 Å². The zero-order valence-corrected chi connectivity index (χ0v) is 17.5. The summed E-state index contributed by atoms with van der Waals surface area (Å²) in [5.74, 6) is 0.804. The molecule has 0 saturated heterocycles. The molecule has 0 fully saturated rings. The molecule has 0 atom stereocenters. The molecule has 0 aliphatic rings. The van der Waals surface area contributed by atoms with Gasteiger partial charge in [-0.15, -0.1) is 0 Å². The van der Waals surface area contributed by atoms with Gasteiger partial charge in [0, 0.05) is 17.8 Å². The van der Waals surface area contributed by atoms with Crippen LogP contribution in [0.5, 0.6) is 5.75 Å². The number of carbonyl (C=O) groups excluding carboxylic acids is 2. The van der Waals surface area contributed by atoms with Crippen LogP contribution in [0.3, 0.4) is 0 Å². The number of ether oxygens (including phenoxy) is 1. The molecule has 6 nitrogen and oxygen atoms in total. The summed E-state index contributed by atoms with van der Waals surface area (Å²) in [6.45, 7) is 7.61. The van der Waals surface area contributed by atoms with Crippen LogP contribution < -0.4 is 20.7 Å². The molecule has 0 bridgehead atoms. The Morgan fingerprint density at radius 3 is 2.45 bits per heavy atom. The van der Waals surface area contributed by atoms with Crippen LogP contribution in [0.4, 0.5) is 11.4 Å². The van der Waals surface area contributed by atoms with Crippen molar-refractivity contribution in [2.24, 2.45) is 5.92 Å². The third kappa shape index (κ3) is 7.86. The number of amides is 2. The molecule has 2 aromatic carbocycles. The Morgan fingerprint density at radius 1 is 1.03 bits per heavy atom. The molecule has 156 valence electrons. The van der Waals surface area contributed by atoms with Gasteiger partial charge in [0.1, 0.15) is 5.75 Å². The van der Waals surface area contributed by atoms with Crippen LogP contribution in [-0.4, -0.2) is 31.5 Å². The van der Waals surface area contributed by atoms with E-state index in [0.717, 1.165) is 18.5 Å². The third-order valence-electron chi connectivity index (χ3n) is 4.15. The van der Waals surface area contributed by atoms with Crippen LogP contribution in [0.2, 0.25) is 0 Å². The Bertz CT molecular complexity index is 788. The summed E-state index contributed by atoms with van der Waals surface area (Å²) in [5, 5.41) is 8.82. The minimum Gasteiger partial charge on any atom is -0.491 e. The topological polar surface area (TPSA) is 79.5 Å². The Balaban J connectivity index is 1.84. The maximum absolute atomic E-state index is 12.3. The number of unbranched alkanes of at least 4 members (excludes halogenated alkanes) is 1. The minimum atomic E-state index is -0.174. The molecule has 3 N–H and O–H groups in total. The molecule has 0 heterocycles. The molecule has 0 unspecified atom stereocenters. The minimum absolute atomic E-state index is 0.0826. The summed E-state index contributed by atoms with van der Waals surface area (Å²) < 4.78 is 5.76.